The van der Waals surface area contributed by atoms with E-state index in [1.54, 1.807) is 6.66 Å². The fraction of sp³-hybridized carbons (Fsp3) is 0.333. The van der Waals surface area contributed by atoms with E-state index in [0.29, 0.717) is 6.61 Å². The molecule has 2 unspecified atom stereocenters. The molecule has 2 rings (SSSR count). The number of hydrogen-bond acceptors (Lipinski definition) is 2. The Bertz CT molecular complexity index is 650. The molecule has 21 heavy (non-hydrogen) atoms. The molecule has 0 aliphatic carbocycles. The van der Waals surface area contributed by atoms with E-state index in [0.717, 1.165) is 11.1 Å². The van der Waals surface area contributed by atoms with E-state index < -0.39 is 7.37 Å². The van der Waals surface area contributed by atoms with Crippen LogP contribution < -0.4 is 0 Å². The summed E-state index contributed by atoms with van der Waals surface area (Å²) < 4.78 is 18.7. The van der Waals surface area contributed by atoms with Gasteiger partial charge in [-0.2, -0.15) is 0 Å². The molecule has 0 heterocycles. The summed E-state index contributed by atoms with van der Waals surface area (Å²) in [5.74, 6) is 0. The SMILES string of the molecule is CCOP(C)(=O)C(c1ccccc1)c1ccc(C)c(C)c1. The minimum Gasteiger partial charge on any atom is -0.328 e. The minimum absolute atomic E-state index is 0.210. The van der Waals surface area contributed by atoms with Gasteiger partial charge in [0.2, 0.25) is 7.37 Å². The third kappa shape index (κ3) is 3.64. The van der Waals surface area contributed by atoms with E-state index in [1.165, 1.54) is 11.1 Å². The maximum absolute atomic E-state index is 13.1. The van der Waals surface area contributed by atoms with Crippen LogP contribution in [-0.2, 0) is 9.09 Å². The van der Waals surface area contributed by atoms with Crippen LogP contribution in [0, 0.1) is 13.8 Å². The number of rotatable bonds is 5. The lowest BCUT2D eigenvalue weighted by Gasteiger charge is -2.25. The van der Waals surface area contributed by atoms with Crippen molar-refractivity contribution >= 4 is 7.37 Å². The summed E-state index contributed by atoms with van der Waals surface area (Å²) in [7, 11) is -2.78. The van der Waals surface area contributed by atoms with Crippen LogP contribution in [0.1, 0.15) is 34.8 Å². The zero-order valence-corrected chi connectivity index (χ0v) is 14.1. The van der Waals surface area contributed by atoms with Gasteiger partial charge in [-0.1, -0.05) is 48.5 Å². The van der Waals surface area contributed by atoms with Crippen molar-refractivity contribution in [1.29, 1.82) is 0 Å². The Balaban J connectivity index is 2.55. The summed E-state index contributed by atoms with van der Waals surface area (Å²) in [4.78, 5) is 0. The van der Waals surface area contributed by atoms with Crippen LogP contribution in [0.15, 0.2) is 48.5 Å². The molecule has 3 heteroatoms. The molecule has 112 valence electrons. The fourth-order valence-electron chi connectivity index (χ4n) is 2.63. The average Bonchev–Trinajstić information content (AvgIpc) is 2.44. The maximum Gasteiger partial charge on any atom is 0.211 e. The minimum atomic E-state index is -2.78. The lowest BCUT2D eigenvalue weighted by Crippen LogP contribution is -2.05. The van der Waals surface area contributed by atoms with Crippen molar-refractivity contribution in [1.82, 2.24) is 0 Å². The molecule has 2 aromatic carbocycles. The highest BCUT2D eigenvalue weighted by Crippen LogP contribution is 2.60. The third-order valence-electron chi connectivity index (χ3n) is 3.82. The number of benzene rings is 2. The predicted octanol–water partition coefficient (Wildman–Crippen LogP) is 5.34. The largest absolute Gasteiger partial charge is 0.328 e. The van der Waals surface area contributed by atoms with Crippen LogP contribution in [0.3, 0.4) is 0 Å². The summed E-state index contributed by atoms with van der Waals surface area (Å²) in [5.41, 5.74) is 4.35. The van der Waals surface area contributed by atoms with E-state index in [2.05, 4.69) is 32.0 Å². The fourth-order valence-corrected chi connectivity index (χ4v) is 4.71. The Morgan fingerprint density at radius 1 is 1.00 bits per heavy atom. The van der Waals surface area contributed by atoms with Gasteiger partial charge in [-0.15, -0.1) is 0 Å². The quantitative estimate of drug-likeness (QED) is 0.697. The van der Waals surface area contributed by atoms with E-state index >= 15 is 0 Å². The van der Waals surface area contributed by atoms with Crippen molar-refractivity contribution < 1.29 is 9.09 Å². The first-order chi connectivity index (χ1) is 9.95. The molecule has 0 amide bonds. The predicted molar refractivity (Wildman–Crippen MR) is 89.4 cm³/mol. The Kier molecular flexibility index (Phi) is 5.03. The first-order valence-corrected chi connectivity index (χ1v) is 9.43. The second-order valence-electron chi connectivity index (χ2n) is 5.48. The summed E-state index contributed by atoms with van der Waals surface area (Å²) in [6, 6.07) is 16.3. The highest BCUT2D eigenvalue weighted by molar-refractivity contribution is 7.58. The van der Waals surface area contributed by atoms with Crippen molar-refractivity contribution in [3.8, 4) is 0 Å². The van der Waals surface area contributed by atoms with Crippen LogP contribution in [0.4, 0.5) is 0 Å². The second kappa shape index (κ2) is 6.60. The van der Waals surface area contributed by atoms with Gasteiger partial charge in [-0.05, 0) is 43.0 Å². The molecule has 2 aromatic rings. The van der Waals surface area contributed by atoms with Crippen molar-refractivity contribution in [3.05, 3.63) is 70.8 Å². The van der Waals surface area contributed by atoms with Crippen LogP contribution in [0.2, 0.25) is 0 Å². The third-order valence-corrected chi connectivity index (χ3v) is 6.12. The van der Waals surface area contributed by atoms with E-state index in [-0.39, 0.29) is 5.66 Å². The van der Waals surface area contributed by atoms with Crippen molar-refractivity contribution in [2.45, 2.75) is 26.4 Å². The molecule has 0 saturated carbocycles. The Morgan fingerprint density at radius 2 is 1.67 bits per heavy atom. The molecule has 2 nitrogen and oxygen atoms in total. The van der Waals surface area contributed by atoms with Crippen molar-refractivity contribution in [2.24, 2.45) is 0 Å². The molecule has 0 fully saturated rings. The van der Waals surface area contributed by atoms with Gasteiger partial charge in [-0.3, -0.25) is 4.57 Å². The van der Waals surface area contributed by atoms with Gasteiger partial charge in [0.25, 0.3) is 0 Å². The van der Waals surface area contributed by atoms with Crippen LogP contribution in [0.25, 0.3) is 0 Å². The average molecular weight is 302 g/mol. The van der Waals surface area contributed by atoms with Gasteiger partial charge in [0.15, 0.2) is 0 Å². The van der Waals surface area contributed by atoms with E-state index in [9.17, 15) is 4.57 Å². The standard InChI is InChI=1S/C18H23O2P/c1-5-20-21(4,19)18(16-9-7-6-8-10-16)17-12-11-14(2)15(3)13-17/h6-13,18H,5H2,1-4H3. The first kappa shape index (κ1) is 16.0. The topological polar surface area (TPSA) is 26.3 Å². The smallest absolute Gasteiger partial charge is 0.211 e. The Labute approximate surface area is 127 Å². The van der Waals surface area contributed by atoms with Gasteiger partial charge in [-0.25, -0.2) is 0 Å². The van der Waals surface area contributed by atoms with Crippen LogP contribution in [-0.4, -0.2) is 13.3 Å². The van der Waals surface area contributed by atoms with Gasteiger partial charge < -0.3 is 4.52 Å². The molecular weight excluding hydrogens is 279 g/mol. The molecule has 0 aromatic heterocycles. The second-order valence-corrected chi connectivity index (χ2v) is 8.08. The van der Waals surface area contributed by atoms with E-state index in [1.807, 2.05) is 37.3 Å². The molecule has 0 aliphatic heterocycles. The van der Waals surface area contributed by atoms with Crippen molar-refractivity contribution in [2.75, 3.05) is 13.3 Å². The molecule has 0 bridgehead atoms. The Hall–Kier alpha value is -1.37. The van der Waals surface area contributed by atoms with Gasteiger partial charge >= 0.3 is 0 Å². The van der Waals surface area contributed by atoms with Gasteiger partial charge in [0, 0.05) is 6.66 Å². The molecule has 0 radical (unpaired) electrons. The summed E-state index contributed by atoms with van der Waals surface area (Å²) >= 11 is 0. The highest BCUT2D eigenvalue weighted by Gasteiger charge is 2.32. The van der Waals surface area contributed by atoms with Crippen LogP contribution in [0.5, 0.6) is 0 Å². The molecule has 0 saturated heterocycles. The maximum atomic E-state index is 13.1. The van der Waals surface area contributed by atoms with Gasteiger partial charge in [0.05, 0.1) is 12.3 Å². The van der Waals surface area contributed by atoms with Crippen molar-refractivity contribution in [3.63, 3.8) is 0 Å². The Morgan fingerprint density at radius 3 is 2.24 bits per heavy atom. The number of hydrogen-bond donors (Lipinski definition) is 0. The first-order valence-electron chi connectivity index (χ1n) is 7.29. The molecule has 2 atom stereocenters. The normalized spacial score (nSPS) is 15.4. The lowest BCUT2D eigenvalue weighted by atomic mass is 10.00. The molecule has 0 N–H and O–H groups in total. The zero-order chi connectivity index (χ0) is 15.5. The van der Waals surface area contributed by atoms with Gasteiger partial charge in [0.1, 0.15) is 0 Å². The molecular formula is C18H23O2P. The molecule has 0 aliphatic rings. The van der Waals surface area contributed by atoms with E-state index in [4.69, 9.17) is 4.52 Å². The number of aryl methyl sites for hydroxylation is 2. The monoisotopic (exact) mass is 302 g/mol. The lowest BCUT2D eigenvalue weighted by molar-refractivity contribution is 0.333. The molecule has 0 spiro atoms. The zero-order valence-electron chi connectivity index (χ0n) is 13.2. The summed E-state index contributed by atoms with van der Waals surface area (Å²) in [6.45, 7) is 8.26. The summed E-state index contributed by atoms with van der Waals surface area (Å²) in [5, 5.41) is 0. The highest BCUT2D eigenvalue weighted by atomic mass is 31.2. The summed E-state index contributed by atoms with van der Waals surface area (Å²) in [6.07, 6.45) is 0. The van der Waals surface area contributed by atoms with Crippen LogP contribution >= 0.6 is 7.37 Å².